The molecule has 0 bridgehead atoms. The van der Waals surface area contributed by atoms with Gasteiger partial charge >= 0.3 is 0 Å². The number of unbranched alkanes of at least 4 members (excludes halogenated alkanes) is 1. The zero-order chi connectivity index (χ0) is 21.3. The maximum absolute atomic E-state index is 5.97. The van der Waals surface area contributed by atoms with Crippen LogP contribution in [0.1, 0.15) is 31.2 Å². The molecule has 1 aliphatic carbocycles. The number of rotatable bonds is 13. The number of fused-ring (bicyclic) bond motifs is 1. The van der Waals surface area contributed by atoms with Gasteiger partial charge in [0.2, 0.25) is 0 Å². The van der Waals surface area contributed by atoms with Crippen LogP contribution < -0.4 is 10.1 Å². The second kappa shape index (κ2) is 11.1. The molecule has 1 aliphatic rings. The van der Waals surface area contributed by atoms with Gasteiger partial charge in [-0.05, 0) is 80.8 Å². The van der Waals surface area contributed by atoms with E-state index in [4.69, 9.17) is 4.74 Å². The van der Waals surface area contributed by atoms with Gasteiger partial charge in [-0.2, -0.15) is 0 Å². The van der Waals surface area contributed by atoms with Gasteiger partial charge < -0.3 is 15.0 Å². The van der Waals surface area contributed by atoms with Gasteiger partial charge in [-0.3, -0.25) is 0 Å². The fourth-order valence-electron chi connectivity index (χ4n) is 3.67. The Kier molecular flexibility index (Phi) is 7.75. The Morgan fingerprint density at radius 2 is 1.94 bits per heavy atom. The normalized spacial score (nSPS) is 13.8. The Morgan fingerprint density at radius 1 is 1.10 bits per heavy atom. The summed E-state index contributed by atoms with van der Waals surface area (Å²) in [5, 5.41) is 4.00. The van der Waals surface area contributed by atoms with E-state index in [1.54, 1.807) is 17.4 Å². The van der Waals surface area contributed by atoms with Gasteiger partial charge in [0.25, 0.3) is 5.19 Å². The third-order valence-electron chi connectivity index (χ3n) is 5.52. The first-order chi connectivity index (χ1) is 15.3. The molecular formula is C26H31N3OS. The molecule has 0 spiro atoms. The molecule has 0 amide bonds. The first kappa shape index (κ1) is 21.6. The number of hydrogen-bond acceptors (Lipinski definition) is 5. The fourth-order valence-corrected chi connectivity index (χ4v) is 4.51. The van der Waals surface area contributed by atoms with Crippen molar-refractivity contribution < 1.29 is 4.74 Å². The van der Waals surface area contributed by atoms with E-state index in [-0.39, 0.29) is 0 Å². The van der Waals surface area contributed by atoms with Gasteiger partial charge in [0.05, 0.1) is 10.2 Å². The lowest BCUT2D eigenvalue weighted by atomic mass is 10.1. The highest BCUT2D eigenvalue weighted by atomic mass is 32.1. The monoisotopic (exact) mass is 433 g/mol. The summed E-state index contributed by atoms with van der Waals surface area (Å²) in [5.74, 6) is 0.847. The zero-order valence-electron chi connectivity index (χ0n) is 18.0. The topological polar surface area (TPSA) is 37.4 Å². The van der Waals surface area contributed by atoms with Crippen molar-refractivity contribution in [1.29, 1.82) is 0 Å². The van der Waals surface area contributed by atoms with Gasteiger partial charge in [0, 0.05) is 19.1 Å². The van der Waals surface area contributed by atoms with Gasteiger partial charge in [-0.1, -0.05) is 48.3 Å². The Labute approximate surface area is 189 Å². The van der Waals surface area contributed by atoms with Crippen molar-refractivity contribution in [3.8, 4) is 10.9 Å². The van der Waals surface area contributed by atoms with Crippen LogP contribution in [-0.2, 0) is 6.42 Å². The lowest BCUT2D eigenvalue weighted by molar-refractivity contribution is 0.261. The maximum atomic E-state index is 5.97. The molecule has 0 atom stereocenters. The summed E-state index contributed by atoms with van der Waals surface area (Å²) in [4.78, 5) is 7.22. The highest BCUT2D eigenvalue weighted by Crippen LogP contribution is 2.31. The number of para-hydroxylation sites is 1. The summed E-state index contributed by atoms with van der Waals surface area (Å²) < 4.78 is 7.12. The molecule has 0 unspecified atom stereocenters. The summed E-state index contributed by atoms with van der Waals surface area (Å²) in [6.07, 6.45) is 11.9. The van der Waals surface area contributed by atoms with Gasteiger partial charge in [-0.25, -0.2) is 4.98 Å². The minimum absolute atomic E-state index is 0.698. The maximum Gasteiger partial charge on any atom is 0.279 e. The summed E-state index contributed by atoms with van der Waals surface area (Å²) >= 11 is 1.58. The first-order valence-corrected chi connectivity index (χ1v) is 12.0. The zero-order valence-corrected chi connectivity index (χ0v) is 18.8. The number of benzene rings is 2. The number of ether oxygens (including phenoxy) is 1. The molecule has 3 aromatic rings. The van der Waals surface area contributed by atoms with Crippen LogP contribution >= 0.6 is 11.3 Å². The Balaban J connectivity index is 1.22. The average Bonchev–Trinajstić information content (AvgIpc) is 3.55. The van der Waals surface area contributed by atoms with Gasteiger partial charge in [-0.15, -0.1) is 0 Å². The quantitative estimate of drug-likeness (QED) is 0.259. The molecule has 1 aromatic heterocycles. The van der Waals surface area contributed by atoms with E-state index in [0.29, 0.717) is 5.19 Å². The summed E-state index contributed by atoms with van der Waals surface area (Å²) in [6, 6.07) is 17.4. The van der Waals surface area contributed by atoms with Crippen molar-refractivity contribution >= 4 is 21.6 Å². The van der Waals surface area contributed by atoms with Crippen molar-refractivity contribution in [3.05, 3.63) is 79.0 Å². The molecule has 162 valence electrons. The molecular weight excluding hydrogens is 402 g/mol. The Hall–Kier alpha value is -2.63. The van der Waals surface area contributed by atoms with Crippen molar-refractivity contribution in [2.45, 2.75) is 38.1 Å². The predicted molar refractivity (Wildman–Crippen MR) is 131 cm³/mol. The summed E-state index contributed by atoms with van der Waals surface area (Å²) in [5.41, 5.74) is 2.35. The van der Waals surface area contributed by atoms with Gasteiger partial charge in [0.1, 0.15) is 5.75 Å². The molecule has 2 aromatic carbocycles. The van der Waals surface area contributed by atoms with Crippen LogP contribution in [0.2, 0.25) is 0 Å². The van der Waals surface area contributed by atoms with Crippen LogP contribution in [0.3, 0.4) is 0 Å². The SMILES string of the molecule is C=C/C=C\NCCCCN(CCc1ccc(Oc2nc3ccccc3s2)cc1)C1CC1. The molecule has 1 saturated carbocycles. The number of nitrogens with zero attached hydrogens (tertiary/aromatic N) is 2. The number of nitrogens with one attached hydrogen (secondary N) is 1. The third-order valence-corrected chi connectivity index (χ3v) is 6.43. The summed E-state index contributed by atoms with van der Waals surface area (Å²) in [6.45, 7) is 7.03. The lowest BCUT2D eigenvalue weighted by Crippen LogP contribution is -2.29. The van der Waals surface area contributed by atoms with Crippen molar-refractivity contribution in [2.75, 3.05) is 19.6 Å². The molecule has 5 heteroatoms. The van der Waals surface area contributed by atoms with Crippen LogP contribution in [0, 0.1) is 0 Å². The smallest absolute Gasteiger partial charge is 0.279 e. The van der Waals surface area contributed by atoms with E-state index in [1.165, 1.54) is 37.8 Å². The molecule has 1 heterocycles. The Morgan fingerprint density at radius 3 is 2.71 bits per heavy atom. The lowest BCUT2D eigenvalue weighted by Gasteiger charge is -2.22. The van der Waals surface area contributed by atoms with E-state index >= 15 is 0 Å². The van der Waals surface area contributed by atoms with Crippen LogP contribution in [0.5, 0.6) is 10.9 Å². The van der Waals surface area contributed by atoms with Crippen LogP contribution in [-0.4, -0.2) is 35.6 Å². The van der Waals surface area contributed by atoms with E-state index in [1.807, 2.05) is 30.5 Å². The summed E-state index contributed by atoms with van der Waals surface area (Å²) in [7, 11) is 0. The first-order valence-electron chi connectivity index (χ1n) is 11.2. The number of allylic oxidation sites excluding steroid dienone is 2. The molecule has 0 radical (unpaired) electrons. The molecule has 0 saturated heterocycles. The van der Waals surface area contributed by atoms with Crippen LogP contribution in [0.25, 0.3) is 10.2 Å². The van der Waals surface area contributed by atoms with Crippen LogP contribution in [0.4, 0.5) is 0 Å². The molecule has 0 aliphatic heterocycles. The molecule has 1 N–H and O–H groups in total. The Bertz CT molecular complexity index is 958. The van der Waals surface area contributed by atoms with Crippen molar-refractivity contribution in [1.82, 2.24) is 15.2 Å². The molecule has 4 nitrogen and oxygen atoms in total. The predicted octanol–water partition coefficient (Wildman–Crippen LogP) is 6.17. The van der Waals surface area contributed by atoms with E-state index in [9.17, 15) is 0 Å². The van der Waals surface area contributed by atoms with Crippen molar-refractivity contribution in [2.24, 2.45) is 0 Å². The largest absolute Gasteiger partial charge is 0.431 e. The second-order valence-electron chi connectivity index (χ2n) is 7.97. The number of aromatic nitrogens is 1. The fraction of sp³-hybridized carbons (Fsp3) is 0.346. The highest BCUT2D eigenvalue weighted by molar-refractivity contribution is 7.20. The minimum atomic E-state index is 0.698. The highest BCUT2D eigenvalue weighted by Gasteiger charge is 2.27. The standard InChI is InChI=1S/C26H31N3OS/c1-2-3-17-27-18-6-7-19-29(22-12-13-22)20-16-21-10-14-23(15-11-21)30-26-28-24-8-4-5-9-25(24)31-26/h2-5,8-11,14-15,17,22,27H,1,6-7,12-13,16,18-20H2/b17-3-. The number of thiazole rings is 1. The third kappa shape index (κ3) is 6.68. The number of hydrogen-bond donors (Lipinski definition) is 1. The van der Waals surface area contributed by atoms with E-state index in [2.05, 4.69) is 52.1 Å². The van der Waals surface area contributed by atoms with Crippen molar-refractivity contribution in [3.63, 3.8) is 0 Å². The molecule has 31 heavy (non-hydrogen) atoms. The second-order valence-corrected chi connectivity index (χ2v) is 8.96. The average molecular weight is 434 g/mol. The van der Waals surface area contributed by atoms with Gasteiger partial charge in [0.15, 0.2) is 0 Å². The van der Waals surface area contributed by atoms with E-state index < -0.39 is 0 Å². The minimum Gasteiger partial charge on any atom is -0.431 e. The molecule has 1 fully saturated rings. The molecule has 4 rings (SSSR count). The van der Waals surface area contributed by atoms with E-state index in [0.717, 1.165) is 41.5 Å². The van der Waals surface area contributed by atoms with Crippen LogP contribution in [0.15, 0.2) is 73.5 Å².